The van der Waals surface area contributed by atoms with Gasteiger partial charge in [0, 0.05) is 17.3 Å². The lowest BCUT2D eigenvalue weighted by atomic mass is 9.85. The molecule has 1 aromatic carbocycles. The number of hydrogen-bond acceptors (Lipinski definition) is 2. The summed E-state index contributed by atoms with van der Waals surface area (Å²) in [6.45, 7) is -0.113. The average molecular weight is 273 g/mol. The van der Waals surface area contributed by atoms with Crippen LogP contribution in [0.4, 0.5) is 18.9 Å². The lowest BCUT2D eigenvalue weighted by Gasteiger charge is -2.32. The van der Waals surface area contributed by atoms with Crippen molar-refractivity contribution in [2.24, 2.45) is 5.92 Å². The van der Waals surface area contributed by atoms with Crippen molar-refractivity contribution in [3.8, 4) is 0 Å². The van der Waals surface area contributed by atoms with E-state index in [-0.39, 0.29) is 25.5 Å². The van der Waals surface area contributed by atoms with Crippen molar-refractivity contribution < 1.29 is 18.3 Å². The molecule has 0 aromatic heterocycles. The molecule has 2 rings (SSSR count). The van der Waals surface area contributed by atoms with Gasteiger partial charge >= 0.3 is 6.18 Å². The summed E-state index contributed by atoms with van der Waals surface area (Å²) in [5.74, 6) is -1.21. The SMILES string of the molecule is OCc1ccccc1NC1CCCC(C(F)(F)F)C1. The maximum Gasteiger partial charge on any atom is 0.391 e. The second-order valence-corrected chi connectivity index (χ2v) is 5.06. The van der Waals surface area contributed by atoms with Crippen LogP contribution < -0.4 is 5.32 Å². The molecule has 1 aliphatic rings. The van der Waals surface area contributed by atoms with Crippen LogP contribution in [0.3, 0.4) is 0 Å². The molecule has 1 aromatic rings. The molecule has 106 valence electrons. The second-order valence-electron chi connectivity index (χ2n) is 5.06. The molecule has 2 unspecified atom stereocenters. The molecule has 0 heterocycles. The van der Waals surface area contributed by atoms with E-state index < -0.39 is 12.1 Å². The predicted molar refractivity (Wildman–Crippen MR) is 67.8 cm³/mol. The summed E-state index contributed by atoms with van der Waals surface area (Å²) in [4.78, 5) is 0. The standard InChI is InChI=1S/C14H18F3NO/c15-14(16,17)11-5-3-6-12(8-11)18-13-7-2-1-4-10(13)9-19/h1-2,4,7,11-12,18-19H,3,5-6,8-9H2. The Kier molecular flexibility index (Phi) is 4.34. The molecule has 2 N–H and O–H groups in total. The minimum absolute atomic E-state index is 0.113. The molecular weight excluding hydrogens is 255 g/mol. The molecule has 0 spiro atoms. The molecule has 19 heavy (non-hydrogen) atoms. The van der Waals surface area contributed by atoms with E-state index in [1.807, 2.05) is 6.07 Å². The Morgan fingerprint density at radius 3 is 2.63 bits per heavy atom. The van der Waals surface area contributed by atoms with Gasteiger partial charge in [-0.15, -0.1) is 0 Å². The van der Waals surface area contributed by atoms with E-state index in [1.165, 1.54) is 0 Å². The second kappa shape index (κ2) is 5.82. The Labute approximate surface area is 110 Å². The number of nitrogens with one attached hydrogen (secondary N) is 1. The number of anilines is 1. The highest BCUT2D eigenvalue weighted by Crippen LogP contribution is 2.38. The molecule has 0 bridgehead atoms. The number of aliphatic hydroxyl groups excluding tert-OH is 1. The van der Waals surface area contributed by atoms with Crippen LogP contribution >= 0.6 is 0 Å². The lowest BCUT2D eigenvalue weighted by molar-refractivity contribution is -0.182. The molecule has 0 amide bonds. The fourth-order valence-corrected chi connectivity index (χ4v) is 2.64. The first kappa shape index (κ1) is 14.2. The molecule has 2 nitrogen and oxygen atoms in total. The van der Waals surface area contributed by atoms with Crippen LogP contribution in [0.15, 0.2) is 24.3 Å². The van der Waals surface area contributed by atoms with Gasteiger partial charge in [-0.1, -0.05) is 24.6 Å². The van der Waals surface area contributed by atoms with E-state index in [4.69, 9.17) is 0 Å². The third-order valence-corrected chi connectivity index (χ3v) is 3.68. The summed E-state index contributed by atoms with van der Waals surface area (Å²) in [6, 6.07) is 7.00. The summed E-state index contributed by atoms with van der Waals surface area (Å²) >= 11 is 0. The predicted octanol–water partition coefficient (Wildman–Crippen LogP) is 3.71. The summed E-state index contributed by atoms with van der Waals surface area (Å²) < 4.78 is 38.2. The Morgan fingerprint density at radius 1 is 1.21 bits per heavy atom. The van der Waals surface area contributed by atoms with E-state index in [0.717, 1.165) is 17.7 Å². The van der Waals surface area contributed by atoms with Crippen LogP contribution in [0, 0.1) is 5.92 Å². The van der Waals surface area contributed by atoms with Crippen molar-refractivity contribution in [3.05, 3.63) is 29.8 Å². The van der Waals surface area contributed by atoms with Crippen LogP contribution in [-0.2, 0) is 6.61 Å². The van der Waals surface area contributed by atoms with Gasteiger partial charge in [0.25, 0.3) is 0 Å². The molecule has 1 fully saturated rings. The largest absolute Gasteiger partial charge is 0.392 e. The Morgan fingerprint density at radius 2 is 1.95 bits per heavy atom. The topological polar surface area (TPSA) is 32.3 Å². The van der Waals surface area contributed by atoms with Crippen molar-refractivity contribution in [3.63, 3.8) is 0 Å². The van der Waals surface area contributed by atoms with Gasteiger partial charge in [-0.05, 0) is 25.3 Å². The Bertz CT molecular complexity index is 419. The van der Waals surface area contributed by atoms with Crippen LogP contribution in [0.1, 0.15) is 31.2 Å². The fraction of sp³-hybridized carbons (Fsp3) is 0.571. The van der Waals surface area contributed by atoms with Gasteiger partial charge in [0.2, 0.25) is 0 Å². The average Bonchev–Trinajstić information content (AvgIpc) is 2.39. The molecule has 1 saturated carbocycles. The number of alkyl halides is 3. The molecule has 2 atom stereocenters. The normalized spacial score (nSPS) is 24.2. The van der Waals surface area contributed by atoms with Gasteiger partial charge in [-0.3, -0.25) is 0 Å². The summed E-state index contributed by atoms with van der Waals surface area (Å²) in [7, 11) is 0. The lowest BCUT2D eigenvalue weighted by Crippen LogP contribution is -2.34. The van der Waals surface area contributed by atoms with E-state index in [0.29, 0.717) is 6.42 Å². The third kappa shape index (κ3) is 3.62. The van der Waals surface area contributed by atoms with Gasteiger partial charge in [0.1, 0.15) is 0 Å². The van der Waals surface area contributed by atoms with Gasteiger partial charge in [-0.2, -0.15) is 13.2 Å². The summed E-state index contributed by atoms with van der Waals surface area (Å²) in [5.41, 5.74) is 1.45. The highest BCUT2D eigenvalue weighted by atomic mass is 19.4. The van der Waals surface area contributed by atoms with Gasteiger partial charge in [0.15, 0.2) is 0 Å². The number of halogens is 3. The minimum atomic E-state index is -4.10. The van der Waals surface area contributed by atoms with Crippen molar-refractivity contribution in [2.75, 3.05) is 5.32 Å². The monoisotopic (exact) mass is 273 g/mol. The zero-order chi connectivity index (χ0) is 13.9. The van der Waals surface area contributed by atoms with Crippen LogP contribution in [-0.4, -0.2) is 17.3 Å². The first-order valence-electron chi connectivity index (χ1n) is 6.52. The van der Waals surface area contributed by atoms with E-state index >= 15 is 0 Å². The number of rotatable bonds is 3. The molecule has 0 aliphatic heterocycles. The first-order valence-corrected chi connectivity index (χ1v) is 6.52. The van der Waals surface area contributed by atoms with E-state index in [1.54, 1.807) is 18.2 Å². The van der Waals surface area contributed by atoms with Crippen LogP contribution in [0.2, 0.25) is 0 Å². The number of aliphatic hydroxyl groups is 1. The van der Waals surface area contributed by atoms with Crippen molar-refractivity contribution in [1.29, 1.82) is 0 Å². The molecule has 0 saturated heterocycles. The highest BCUT2D eigenvalue weighted by Gasteiger charge is 2.42. The maximum atomic E-state index is 12.7. The maximum absolute atomic E-state index is 12.7. The molecule has 0 radical (unpaired) electrons. The number of benzene rings is 1. The quantitative estimate of drug-likeness (QED) is 0.880. The van der Waals surface area contributed by atoms with Crippen molar-refractivity contribution >= 4 is 5.69 Å². The van der Waals surface area contributed by atoms with Crippen molar-refractivity contribution in [2.45, 2.75) is 44.5 Å². The number of para-hydroxylation sites is 1. The zero-order valence-electron chi connectivity index (χ0n) is 10.6. The summed E-state index contributed by atoms with van der Waals surface area (Å²) in [5, 5.41) is 12.4. The summed E-state index contributed by atoms with van der Waals surface area (Å²) in [6.07, 6.45) is -2.43. The van der Waals surface area contributed by atoms with Crippen molar-refractivity contribution in [1.82, 2.24) is 0 Å². The smallest absolute Gasteiger partial charge is 0.391 e. The van der Waals surface area contributed by atoms with E-state index in [2.05, 4.69) is 5.32 Å². The molecule has 1 aliphatic carbocycles. The van der Waals surface area contributed by atoms with Crippen LogP contribution in [0.5, 0.6) is 0 Å². The zero-order valence-corrected chi connectivity index (χ0v) is 10.6. The Balaban J connectivity index is 2.03. The Hall–Kier alpha value is -1.23. The fourth-order valence-electron chi connectivity index (χ4n) is 2.64. The van der Waals surface area contributed by atoms with E-state index in [9.17, 15) is 18.3 Å². The number of hydrogen-bond donors (Lipinski definition) is 2. The van der Waals surface area contributed by atoms with Crippen LogP contribution in [0.25, 0.3) is 0 Å². The van der Waals surface area contributed by atoms with Gasteiger partial charge in [0.05, 0.1) is 12.5 Å². The molecular formula is C14H18F3NO. The first-order chi connectivity index (χ1) is 9.00. The minimum Gasteiger partial charge on any atom is -0.392 e. The van der Waals surface area contributed by atoms with Gasteiger partial charge in [-0.25, -0.2) is 0 Å². The van der Waals surface area contributed by atoms with Gasteiger partial charge < -0.3 is 10.4 Å². The third-order valence-electron chi connectivity index (χ3n) is 3.68. The highest BCUT2D eigenvalue weighted by molar-refractivity contribution is 5.51. The molecule has 5 heteroatoms.